The van der Waals surface area contributed by atoms with Crippen molar-refractivity contribution in [2.45, 2.75) is 57.3 Å². The van der Waals surface area contributed by atoms with Gasteiger partial charge in [0.05, 0.1) is 24.9 Å². The number of hydrogen-bond donors (Lipinski definition) is 2. The first-order valence-electron chi connectivity index (χ1n) is 16.2. The fourth-order valence-corrected chi connectivity index (χ4v) is 7.11. The molecule has 0 radical (unpaired) electrons. The van der Waals surface area contributed by atoms with E-state index in [0.29, 0.717) is 55.8 Å². The lowest BCUT2D eigenvalue weighted by Gasteiger charge is -2.36. The molecule has 3 aromatic carbocycles. The minimum atomic E-state index is -1.94. The predicted octanol–water partition coefficient (Wildman–Crippen LogP) is 3.42. The zero-order valence-electron chi connectivity index (χ0n) is 26.3. The maximum atomic E-state index is 14.2. The van der Waals surface area contributed by atoms with E-state index in [-0.39, 0.29) is 43.3 Å². The first-order chi connectivity index (χ1) is 22.7. The van der Waals surface area contributed by atoms with Crippen LogP contribution in [0.4, 0.5) is 17.1 Å². The summed E-state index contributed by atoms with van der Waals surface area (Å²) in [5.74, 6) is -1.31. The number of anilines is 3. The Kier molecular flexibility index (Phi) is 7.93. The van der Waals surface area contributed by atoms with Gasteiger partial charge in [0.1, 0.15) is 0 Å². The Balaban J connectivity index is 1.14. The minimum Gasteiger partial charge on any atom is -0.394 e. The standard InChI is InChI=1S/C37H38N4O6/c1-24(6-4-11-33(43)40-22-27-9-3-2-8-26(27)19-30(40)23-42)37(47)31-20-29(39-17-15-35(39)45)12-13-32(31)41(36(37)46)21-25-7-5-10-28(18-25)38-16-14-34(38)44/h2-10,12-13,18,20,24,30,42,47H,11,14-17,19,21-23H2,1H3/b6-4+/t24-,30-,37+/m0/s1. The van der Waals surface area contributed by atoms with Gasteiger partial charge in [0, 0.05) is 61.8 Å². The van der Waals surface area contributed by atoms with Gasteiger partial charge in [0.2, 0.25) is 17.7 Å². The molecular weight excluding hydrogens is 596 g/mol. The summed E-state index contributed by atoms with van der Waals surface area (Å²) in [6.07, 6.45) is 4.99. The Labute approximate surface area is 273 Å². The first-order valence-corrected chi connectivity index (χ1v) is 16.2. The summed E-state index contributed by atoms with van der Waals surface area (Å²) in [5.41, 5.74) is 3.41. The normalized spacial score (nSPS) is 22.7. The summed E-state index contributed by atoms with van der Waals surface area (Å²) in [7, 11) is 0. The van der Waals surface area contributed by atoms with Gasteiger partial charge < -0.3 is 29.8 Å². The molecule has 4 heterocycles. The molecule has 0 bridgehead atoms. The average molecular weight is 635 g/mol. The number of nitrogens with zero attached hydrogens (tertiary/aromatic N) is 4. The van der Waals surface area contributed by atoms with E-state index in [2.05, 4.69) is 0 Å². The molecule has 0 unspecified atom stereocenters. The van der Waals surface area contributed by atoms with Crippen LogP contribution in [0.3, 0.4) is 0 Å². The topological polar surface area (TPSA) is 122 Å². The average Bonchev–Trinajstić information content (AvgIpc) is 3.28. The van der Waals surface area contributed by atoms with Gasteiger partial charge in [0.25, 0.3) is 5.91 Å². The molecule has 3 aromatic rings. The lowest BCUT2D eigenvalue weighted by molar-refractivity contribution is -0.139. The third-order valence-corrected chi connectivity index (χ3v) is 10.1. The van der Waals surface area contributed by atoms with Gasteiger partial charge in [-0.05, 0) is 53.4 Å². The Bertz CT molecular complexity index is 1800. The molecule has 4 aliphatic rings. The maximum Gasteiger partial charge on any atom is 0.264 e. The van der Waals surface area contributed by atoms with E-state index in [9.17, 15) is 29.4 Å². The minimum absolute atomic E-state index is 0.0139. The van der Waals surface area contributed by atoms with Gasteiger partial charge in [-0.2, -0.15) is 0 Å². The van der Waals surface area contributed by atoms with E-state index in [1.54, 1.807) is 56.9 Å². The van der Waals surface area contributed by atoms with Crippen LogP contribution in [0.25, 0.3) is 0 Å². The fraction of sp³-hybridized carbons (Fsp3) is 0.351. The van der Waals surface area contributed by atoms with Crippen LogP contribution < -0.4 is 14.7 Å². The van der Waals surface area contributed by atoms with Crippen LogP contribution >= 0.6 is 0 Å². The summed E-state index contributed by atoms with van der Waals surface area (Å²) in [6, 6.07) is 20.4. The van der Waals surface area contributed by atoms with Gasteiger partial charge in [-0.3, -0.25) is 19.2 Å². The van der Waals surface area contributed by atoms with Crippen molar-refractivity contribution in [2.75, 3.05) is 34.4 Å². The second-order valence-corrected chi connectivity index (χ2v) is 12.9. The molecule has 47 heavy (non-hydrogen) atoms. The number of β-lactam (4-membered cyclic amide) rings is 2. The first kappa shape index (κ1) is 30.8. The third kappa shape index (κ3) is 5.31. The molecule has 0 aromatic heterocycles. The lowest BCUT2D eigenvalue weighted by Crippen LogP contribution is -2.46. The summed E-state index contributed by atoms with van der Waals surface area (Å²) in [6.45, 7) is 3.43. The van der Waals surface area contributed by atoms with Crippen LogP contribution in [0.2, 0.25) is 0 Å². The van der Waals surface area contributed by atoms with Crippen molar-refractivity contribution in [3.63, 3.8) is 0 Å². The number of amides is 4. The number of aliphatic hydroxyl groups is 2. The van der Waals surface area contributed by atoms with Crippen LogP contribution in [0.5, 0.6) is 0 Å². The molecule has 0 spiro atoms. The molecule has 2 fully saturated rings. The lowest BCUT2D eigenvalue weighted by atomic mass is 9.82. The Morgan fingerprint density at radius 1 is 0.936 bits per heavy atom. The van der Waals surface area contributed by atoms with E-state index in [1.165, 1.54) is 0 Å². The van der Waals surface area contributed by atoms with Crippen molar-refractivity contribution in [3.8, 4) is 0 Å². The molecule has 0 aliphatic carbocycles. The highest BCUT2D eigenvalue weighted by Gasteiger charge is 2.53. The smallest absolute Gasteiger partial charge is 0.264 e. The van der Waals surface area contributed by atoms with Gasteiger partial charge in [-0.25, -0.2) is 0 Å². The molecule has 10 heteroatoms. The zero-order valence-corrected chi connectivity index (χ0v) is 26.3. The summed E-state index contributed by atoms with van der Waals surface area (Å²) in [5, 5.41) is 22.3. The second-order valence-electron chi connectivity index (χ2n) is 12.9. The monoisotopic (exact) mass is 634 g/mol. The molecule has 4 amide bonds. The van der Waals surface area contributed by atoms with Crippen LogP contribution in [0, 0.1) is 5.92 Å². The van der Waals surface area contributed by atoms with Crippen LogP contribution in [0.1, 0.15) is 48.4 Å². The quantitative estimate of drug-likeness (QED) is 0.275. The molecule has 10 nitrogen and oxygen atoms in total. The van der Waals surface area contributed by atoms with Crippen LogP contribution in [-0.2, 0) is 44.3 Å². The highest BCUT2D eigenvalue weighted by molar-refractivity contribution is 6.08. The number of rotatable bonds is 9. The van der Waals surface area contributed by atoms with E-state index in [0.717, 1.165) is 22.4 Å². The number of carbonyl (C=O) groups is 4. The van der Waals surface area contributed by atoms with Crippen molar-refractivity contribution in [1.29, 1.82) is 0 Å². The number of benzene rings is 3. The largest absolute Gasteiger partial charge is 0.394 e. The van der Waals surface area contributed by atoms with E-state index >= 15 is 0 Å². The van der Waals surface area contributed by atoms with E-state index in [4.69, 9.17) is 0 Å². The Morgan fingerprint density at radius 3 is 2.30 bits per heavy atom. The predicted molar refractivity (Wildman–Crippen MR) is 176 cm³/mol. The molecular formula is C37H38N4O6. The van der Waals surface area contributed by atoms with Gasteiger partial charge >= 0.3 is 0 Å². The highest BCUT2D eigenvalue weighted by Crippen LogP contribution is 2.47. The van der Waals surface area contributed by atoms with Crippen molar-refractivity contribution >= 4 is 40.7 Å². The Hall–Kier alpha value is -4.80. The summed E-state index contributed by atoms with van der Waals surface area (Å²) >= 11 is 0. The van der Waals surface area contributed by atoms with E-state index < -0.39 is 17.4 Å². The molecule has 242 valence electrons. The zero-order chi connectivity index (χ0) is 32.9. The van der Waals surface area contributed by atoms with Crippen molar-refractivity contribution in [2.24, 2.45) is 5.92 Å². The molecule has 4 aliphatic heterocycles. The molecule has 3 atom stereocenters. The summed E-state index contributed by atoms with van der Waals surface area (Å²) < 4.78 is 0. The molecule has 2 saturated heterocycles. The summed E-state index contributed by atoms with van der Waals surface area (Å²) in [4.78, 5) is 58.5. The van der Waals surface area contributed by atoms with E-state index in [1.807, 2.05) is 48.5 Å². The highest BCUT2D eigenvalue weighted by atomic mass is 16.3. The SMILES string of the molecule is C[C@@H](/C=C/CC(=O)N1Cc2ccccc2C[C@H]1CO)[C@]1(O)C(=O)N(Cc2cccc(N3CCC3=O)c2)c2ccc(N3CCC3=O)cc21. The fourth-order valence-electron chi connectivity index (χ4n) is 7.11. The Morgan fingerprint density at radius 2 is 1.64 bits per heavy atom. The molecule has 0 saturated carbocycles. The van der Waals surface area contributed by atoms with Crippen molar-refractivity contribution < 1.29 is 29.4 Å². The number of fused-ring (bicyclic) bond motifs is 2. The van der Waals surface area contributed by atoms with Crippen LogP contribution in [0.15, 0.2) is 78.9 Å². The molecule has 2 N–H and O–H groups in total. The third-order valence-electron chi connectivity index (χ3n) is 10.1. The van der Waals surface area contributed by atoms with Gasteiger partial charge in [-0.1, -0.05) is 55.5 Å². The number of carbonyl (C=O) groups excluding carboxylic acids is 4. The number of hydrogen-bond acceptors (Lipinski definition) is 6. The molecule has 7 rings (SSSR count). The van der Waals surface area contributed by atoms with Crippen LogP contribution in [-0.4, -0.2) is 64.5 Å². The van der Waals surface area contributed by atoms with Gasteiger partial charge in [0.15, 0.2) is 5.60 Å². The maximum absolute atomic E-state index is 14.2. The van der Waals surface area contributed by atoms with Crippen molar-refractivity contribution in [3.05, 3.63) is 101 Å². The van der Waals surface area contributed by atoms with Gasteiger partial charge in [-0.15, -0.1) is 0 Å². The second kappa shape index (κ2) is 12.1. The van der Waals surface area contributed by atoms with Crippen molar-refractivity contribution in [1.82, 2.24) is 4.90 Å². The number of aliphatic hydroxyl groups excluding tert-OH is 1.